The summed E-state index contributed by atoms with van der Waals surface area (Å²) in [4.78, 5) is 24.4. The van der Waals surface area contributed by atoms with E-state index in [1.54, 1.807) is 0 Å². The third-order valence-corrected chi connectivity index (χ3v) is 4.42. The first-order valence-corrected chi connectivity index (χ1v) is 7.80. The summed E-state index contributed by atoms with van der Waals surface area (Å²) in [6.45, 7) is 1.24. The van der Waals surface area contributed by atoms with Gasteiger partial charge in [0.05, 0.1) is 12.5 Å². The average Bonchev–Trinajstić information content (AvgIpc) is 3.15. The number of benzene rings is 1. The molecule has 0 saturated carbocycles. The molecule has 1 aromatic heterocycles. The molecule has 7 heteroatoms. The van der Waals surface area contributed by atoms with Crippen LogP contribution in [0.4, 0.5) is 5.69 Å². The predicted octanol–water partition coefficient (Wildman–Crippen LogP) is 0.966. The summed E-state index contributed by atoms with van der Waals surface area (Å²) in [6, 6.07) is 7.42. The van der Waals surface area contributed by atoms with Crippen LogP contribution in [0.3, 0.4) is 0 Å². The fraction of sp³-hybridized carbons (Fsp3) is 0.375. The normalized spacial score (nSPS) is 19.0. The fourth-order valence-electron chi connectivity index (χ4n) is 3.28. The van der Waals surface area contributed by atoms with E-state index in [0.717, 1.165) is 36.6 Å². The summed E-state index contributed by atoms with van der Waals surface area (Å²) in [7, 11) is 0. The maximum Gasteiger partial charge on any atom is 0.228 e. The Morgan fingerprint density at radius 2 is 2.22 bits per heavy atom. The van der Waals surface area contributed by atoms with Crippen LogP contribution in [-0.4, -0.2) is 26.6 Å². The number of amides is 2. The minimum atomic E-state index is -0.457. The Bertz CT molecular complexity index is 783. The molecule has 3 heterocycles. The molecule has 2 aliphatic rings. The van der Waals surface area contributed by atoms with Crippen LogP contribution in [0, 0.1) is 0 Å². The lowest BCUT2D eigenvalue weighted by molar-refractivity contribution is -0.126. The highest BCUT2D eigenvalue weighted by atomic mass is 16.2. The van der Waals surface area contributed by atoms with E-state index in [-0.39, 0.29) is 18.2 Å². The van der Waals surface area contributed by atoms with E-state index in [2.05, 4.69) is 25.4 Å². The summed E-state index contributed by atoms with van der Waals surface area (Å²) in [5.74, 6) is 1.02. The number of nitrogens with one attached hydrogen (secondary N) is 2. The van der Waals surface area contributed by atoms with Crippen molar-refractivity contribution in [3.05, 3.63) is 41.5 Å². The number of aryl methyl sites for hydroxylation is 1. The highest BCUT2D eigenvalue weighted by Crippen LogP contribution is 2.32. The van der Waals surface area contributed by atoms with Crippen molar-refractivity contribution in [2.45, 2.75) is 38.3 Å². The van der Waals surface area contributed by atoms with Gasteiger partial charge < -0.3 is 15.2 Å². The maximum absolute atomic E-state index is 12.6. The third-order valence-electron chi connectivity index (χ3n) is 4.42. The smallest absolute Gasteiger partial charge is 0.228 e. The van der Waals surface area contributed by atoms with Crippen LogP contribution in [-0.2, 0) is 29.1 Å². The number of hydrogen-bond donors (Lipinski definition) is 2. The Morgan fingerprint density at radius 1 is 1.35 bits per heavy atom. The zero-order valence-electron chi connectivity index (χ0n) is 12.6. The van der Waals surface area contributed by atoms with Crippen molar-refractivity contribution in [2.75, 3.05) is 5.32 Å². The molecule has 0 fully saturated rings. The van der Waals surface area contributed by atoms with E-state index in [1.807, 2.05) is 24.3 Å². The molecular formula is C16H17N5O2. The molecular weight excluding hydrogens is 294 g/mol. The Labute approximate surface area is 133 Å². The zero-order chi connectivity index (χ0) is 15.8. The van der Waals surface area contributed by atoms with Gasteiger partial charge in [0.15, 0.2) is 5.82 Å². The van der Waals surface area contributed by atoms with Crippen LogP contribution in [0.1, 0.15) is 36.0 Å². The van der Waals surface area contributed by atoms with Crippen LogP contribution in [0.2, 0.25) is 0 Å². The number of carbonyl (C=O) groups excluding carboxylic acids is 2. The first kappa shape index (κ1) is 13.9. The fourth-order valence-corrected chi connectivity index (χ4v) is 3.28. The maximum atomic E-state index is 12.6. The van der Waals surface area contributed by atoms with E-state index < -0.39 is 5.92 Å². The largest absolute Gasteiger partial charge is 0.348 e. The van der Waals surface area contributed by atoms with E-state index in [0.29, 0.717) is 12.2 Å². The Kier molecular flexibility index (Phi) is 3.33. The van der Waals surface area contributed by atoms with Crippen molar-refractivity contribution < 1.29 is 9.59 Å². The molecule has 0 spiro atoms. The van der Waals surface area contributed by atoms with Gasteiger partial charge in [0.25, 0.3) is 0 Å². The highest BCUT2D eigenvalue weighted by molar-refractivity contribution is 6.01. The number of carbonyl (C=O) groups is 2. The quantitative estimate of drug-likeness (QED) is 0.884. The van der Waals surface area contributed by atoms with Crippen molar-refractivity contribution in [3.8, 4) is 0 Å². The lowest BCUT2D eigenvalue weighted by Crippen LogP contribution is -2.35. The highest BCUT2D eigenvalue weighted by Gasteiger charge is 2.30. The summed E-state index contributed by atoms with van der Waals surface area (Å²) in [5, 5.41) is 14.0. The molecule has 4 rings (SSSR count). The van der Waals surface area contributed by atoms with Crippen molar-refractivity contribution in [1.29, 1.82) is 0 Å². The molecule has 23 heavy (non-hydrogen) atoms. The van der Waals surface area contributed by atoms with Gasteiger partial charge >= 0.3 is 0 Å². The van der Waals surface area contributed by atoms with Gasteiger partial charge in [-0.25, -0.2) is 0 Å². The van der Waals surface area contributed by atoms with E-state index in [9.17, 15) is 9.59 Å². The number of aromatic nitrogens is 3. The first-order chi connectivity index (χ1) is 11.2. The number of para-hydroxylation sites is 1. The number of fused-ring (bicyclic) bond motifs is 2. The van der Waals surface area contributed by atoms with Crippen LogP contribution in [0.25, 0.3) is 0 Å². The topological polar surface area (TPSA) is 88.9 Å². The third kappa shape index (κ3) is 2.48. The van der Waals surface area contributed by atoms with Gasteiger partial charge in [0, 0.05) is 25.1 Å². The Morgan fingerprint density at radius 3 is 3.13 bits per heavy atom. The van der Waals surface area contributed by atoms with Crippen LogP contribution in [0.5, 0.6) is 0 Å². The second-order valence-electron chi connectivity index (χ2n) is 5.90. The summed E-state index contributed by atoms with van der Waals surface area (Å²) in [5.41, 5.74) is 1.57. The molecule has 0 radical (unpaired) electrons. The number of anilines is 1. The monoisotopic (exact) mass is 311 g/mol. The zero-order valence-corrected chi connectivity index (χ0v) is 12.6. The Balaban J connectivity index is 1.50. The molecule has 1 aromatic carbocycles. The second-order valence-corrected chi connectivity index (χ2v) is 5.90. The van der Waals surface area contributed by atoms with Gasteiger partial charge in [-0.1, -0.05) is 18.2 Å². The number of hydrogen-bond acceptors (Lipinski definition) is 4. The number of rotatable bonds is 3. The standard InChI is InChI=1S/C16H17N5O2/c22-15-8-11(10-4-1-2-5-12(10)18-15)16(23)17-9-14-20-19-13-6-3-7-21(13)14/h1-2,4-5,11H,3,6-9H2,(H,17,23)(H,18,22). The minimum absolute atomic E-state index is 0.132. The SMILES string of the molecule is O=C1CC(C(=O)NCc2nnc3n2CCC3)c2ccccc2N1. The van der Waals surface area contributed by atoms with Crippen LogP contribution >= 0.6 is 0 Å². The summed E-state index contributed by atoms with van der Waals surface area (Å²) in [6.07, 6.45) is 2.18. The van der Waals surface area contributed by atoms with Crippen molar-refractivity contribution in [2.24, 2.45) is 0 Å². The molecule has 0 bridgehead atoms. The molecule has 1 atom stereocenters. The van der Waals surface area contributed by atoms with Gasteiger partial charge in [-0.3, -0.25) is 9.59 Å². The minimum Gasteiger partial charge on any atom is -0.348 e. The van der Waals surface area contributed by atoms with Crippen LogP contribution in [0.15, 0.2) is 24.3 Å². The van der Waals surface area contributed by atoms with Gasteiger partial charge in [0.1, 0.15) is 5.82 Å². The molecule has 2 aromatic rings. The van der Waals surface area contributed by atoms with E-state index in [4.69, 9.17) is 0 Å². The first-order valence-electron chi connectivity index (χ1n) is 7.80. The molecule has 7 nitrogen and oxygen atoms in total. The van der Waals surface area contributed by atoms with Gasteiger partial charge in [0.2, 0.25) is 11.8 Å². The molecule has 2 aliphatic heterocycles. The molecule has 2 N–H and O–H groups in total. The van der Waals surface area contributed by atoms with Gasteiger partial charge in [-0.05, 0) is 18.1 Å². The van der Waals surface area contributed by atoms with E-state index in [1.165, 1.54) is 0 Å². The average molecular weight is 311 g/mol. The molecule has 2 amide bonds. The lowest BCUT2D eigenvalue weighted by atomic mass is 9.90. The molecule has 0 aliphatic carbocycles. The molecule has 0 saturated heterocycles. The van der Waals surface area contributed by atoms with Crippen molar-refractivity contribution >= 4 is 17.5 Å². The molecule has 1 unspecified atom stereocenters. The van der Waals surface area contributed by atoms with Crippen LogP contribution < -0.4 is 10.6 Å². The predicted molar refractivity (Wildman–Crippen MR) is 82.6 cm³/mol. The van der Waals surface area contributed by atoms with Gasteiger partial charge in [-0.2, -0.15) is 0 Å². The molecule has 118 valence electrons. The lowest BCUT2D eigenvalue weighted by Gasteiger charge is -2.24. The van der Waals surface area contributed by atoms with Crippen molar-refractivity contribution in [3.63, 3.8) is 0 Å². The van der Waals surface area contributed by atoms with E-state index >= 15 is 0 Å². The summed E-state index contributed by atoms with van der Waals surface area (Å²) >= 11 is 0. The summed E-state index contributed by atoms with van der Waals surface area (Å²) < 4.78 is 2.06. The number of nitrogens with zero attached hydrogens (tertiary/aromatic N) is 3. The Hall–Kier alpha value is -2.70. The van der Waals surface area contributed by atoms with Gasteiger partial charge in [-0.15, -0.1) is 10.2 Å². The van der Waals surface area contributed by atoms with Crippen molar-refractivity contribution in [1.82, 2.24) is 20.1 Å². The second kappa shape index (κ2) is 5.49.